The summed E-state index contributed by atoms with van der Waals surface area (Å²) in [5.41, 5.74) is 0. The largest absolute Gasteiger partial charge is 0.347 e. The van der Waals surface area contributed by atoms with Gasteiger partial charge in [0.1, 0.15) is 0 Å². The molecule has 118 valence electrons. The number of hydrogen-bond acceptors (Lipinski definition) is 3. The van der Waals surface area contributed by atoms with Gasteiger partial charge < -0.3 is 15.5 Å². The van der Waals surface area contributed by atoms with Gasteiger partial charge in [0.25, 0.3) is 0 Å². The Morgan fingerprint density at radius 2 is 1.90 bits per heavy atom. The molecule has 0 unspecified atom stereocenters. The van der Waals surface area contributed by atoms with Gasteiger partial charge in [-0.25, -0.2) is 0 Å². The van der Waals surface area contributed by atoms with Crippen molar-refractivity contribution in [3.63, 3.8) is 0 Å². The predicted molar refractivity (Wildman–Crippen MR) is 83.0 cm³/mol. The van der Waals surface area contributed by atoms with Crippen LogP contribution in [0.1, 0.15) is 38.5 Å². The number of nitrogens with one attached hydrogen (secondary N) is 2. The Hall–Kier alpha value is -0.810. The molecule has 0 bridgehead atoms. The molecule has 20 heavy (non-hydrogen) atoms. The molecule has 6 heteroatoms. The van der Waals surface area contributed by atoms with Crippen molar-refractivity contribution in [2.24, 2.45) is 5.92 Å². The minimum atomic E-state index is -0.0375. The van der Waals surface area contributed by atoms with E-state index in [1.807, 2.05) is 7.05 Å². The van der Waals surface area contributed by atoms with Crippen LogP contribution in [0.25, 0.3) is 0 Å². The predicted octanol–water partition coefficient (Wildman–Crippen LogP) is 1.17. The van der Waals surface area contributed by atoms with Crippen LogP contribution in [0.3, 0.4) is 0 Å². The molecule has 2 N–H and O–H groups in total. The number of hydrogen-bond donors (Lipinski definition) is 2. The molecule has 0 aromatic carbocycles. The van der Waals surface area contributed by atoms with E-state index >= 15 is 0 Å². The Bertz CT molecular complexity index is 294. The molecule has 0 saturated heterocycles. The average Bonchev–Trinajstić information content (AvgIpc) is 2.92. The van der Waals surface area contributed by atoms with E-state index < -0.39 is 0 Å². The van der Waals surface area contributed by atoms with E-state index in [9.17, 15) is 9.59 Å². The number of likely N-dealkylation sites (N-methyl/N-ethyl adjacent to an activating group) is 2. The fourth-order valence-electron chi connectivity index (χ4n) is 2.44. The Kier molecular flexibility index (Phi) is 10.5. The van der Waals surface area contributed by atoms with Gasteiger partial charge in [-0.2, -0.15) is 0 Å². The van der Waals surface area contributed by atoms with Crippen molar-refractivity contribution < 1.29 is 9.59 Å². The molecule has 1 rings (SSSR count). The van der Waals surface area contributed by atoms with Crippen LogP contribution < -0.4 is 10.6 Å². The molecule has 1 fully saturated rings. The highest BCUT2D eigenvalue weighted by atomic mass is 35.5. The Balaban J connectivity index is 0.00000361. The van der Waals surface area contributed by atoms with E-state index in [0.717, 1.165) is 18.9 Å². The van der Waals surface area contributed by atoms with Crippen molar-refractivity contribution in [1.29, 1.82) is 0 Å². The number of halogens is 1. The summed E-state index contributed by atoms with van der Waals surface area (Å²) < 4.78 is 0. The van der Waals surface area contributed by atoms with Gasteiger partial charge in [0.2, 0.25) is 11.8 Å². The van der Waals surface area contributed by atoms with E-state index in [4.69, 9.17) is 0 Å². The second-order valence-electron chi connectivity index (χ2n) is 5.38. The maximum absolute atomic E-state index is 11.7. The quantitative estimate of drug-likeness (QED) is 0.708. The first-order chi connectivity index (χ1) is 9.13. The van der Waals surface area contributed by atoms with Crippen LogP contribution in [0.15, 0.2) is 0 Å². The lowest BCUT2D eigenvalue weighted by atomic mass is 10.0. The fourth-order valence-corrected chi connectivity index (χ4v) is 2.44. The van der Waals surface area contributed by atoms with Gasteiger partial charge in [-0.1, -0.05) is 25.7 Å². The molecule has 1 saturated carbocycles. The molecule has 0 heterocycles. The van der Waals surface area contributed by atoms with Crippen molar-refractivity contribution in [3.8, 4) is 0 Å². The lowest BCUT2D eigenvalue weighted by Crippen LogP contribution is -2.40. The van der Waals surface area contributed by atoms with Crippen LogP contribution in [0, 0.1) is 5.92 Å². The molecular formula is C14H28ClN3O2. The van der Waals surface area contributed by atoms with Gasteiger partial charge in [-0.15, -0.1) is 12.4 Å². The molecule has 5 nitrogen and oxygen atoms in total. The van der Waals surface area contributed by atoms with E-state index in [1.54, 1.807) is 11.9 Å². The van der Waals surface area contributed by atoms with E-state index in [2.05, 4.69) is 10.6 Å². The molecule has 2 amide bonds. The second kappa shape index (κ2) is 10.9. The third kappa shape index (κ3) is 7.70. The third-order valence-electron chi connectivity index (χ3n) is 3.81. The lowest BCUT2D eigenvalue weighted by molar-refractivity contribution is -0.131. The Morgan fingerprint density at radius 1 is 1.25 bits per heavy atom. The highest BCUT2D eigenvalue weighted by molar-refractivity contribution is 5.85. The highest BCUT2D eigenvalue weighted by Gasteiger charge is 2.16. The molecule has 0 atom stereocenters. The Morgan fingerprint density at radius 3 is 2.50 bits per heavy atom. The van der Waals surface area contributed by atoms with Crippen LogP contribution in [-0.2, 0) is 9.59 Å². The topological polar surface area (TPSA) is 61.4 Å². The number of nitrogens with zero attached hydrogens (tertiary/aromatic N) is 1. The summed E-state index contributed by atoms with van der Waals surface area (Å²) in [6, 6.07) is 0. The standard InChI is InChI=1S/C14H27N3O2.ClH/c1-15-9-10-17(2)14(19)11-16-13(18)8-7-12-5-3-4-6-12;/h12,15H,3-11H2,1-2H3,(H,16,18);1H. The molecule has 0 radical (unpaired) electrons. The third-order valence-corrected chi connectivity index (χ3v) is 3.81. The van der Waals surface area contributed by atoms with Gasteiger partial charge in [0.15, 0.2) is 0 Å². The fraction of sp³-hybridized carbons (Fsp3) is 0.857. The van der Waals surface area contributed by atoms with Crippen molar-refractivity contribution in [2.45, 2.75) is 38.5 Å². The van der Waals surface area contributed by atoms with Gasteiger partial charge >= 0.3 is 0 Å². The highest BCUT2D eigenvalue weighted by Crippen LogP contribution is 2.28. The first-order valence-corrected chi connectivity index (χ1v) is 7.28. The van der Waals surface area contributed by atoms with Crippen molar-refractivity contribution >= 4 is 24.2 Å². The van der Waals surface area contributed by atoms with E-state index in [0.29, 0.717) is 13.0 Å². The summed E-state index contributed by atoms with van der Waals surface area (Å²) in [4.78, 5) is 25.0. The van der Waals surface area contributed by atoms with Crippen LogP contribution in [-0.4, -0.2) is 50.4 Å². The summed E-state index contributed by atoms with van der Waals surface area (Å²) in [5.74, 6) is 0.687. The normalized spacial score (nSPS) is 14.7. The lowest BCUT2D eigenvalue weighted by Gasteiger charge is -2.17. The van der Waals surface area contributed by atoms with Gasteiger partial charge in [0, 0.05) is 26.6 Å². The summed E-state index contributed by atoms with van der Waals surface area (Å²) >= 11 is 0. The van der Waals surface area contributed by atoms with Crippen molar-refractivity contribution in [3.05, 3.63) is 0 Å². The second-order valence-corrected chi connectivity index (χ2v) is 5.38. The summed E-state index contributed by atoms with van der Waals surface area (Å²) in [6.07, 6.45) is 6.66. The zero-order valence-corrected chi connectivity index (χ0v) is 13.4. The number of carbonyl (C=O) groups excluding carboxylic acids is 2. The average molecular weight is 306 g/mol. The number of rotatable bonds is 8. The number of carbonyl (C=O) groups is 2. The molecule has 0 aliphatic heterocycles. The Labute approximate surface area is 128 Å². The van der Waals surface area contributed by atoms with Gasteiger partial charge in [-0.3, -0.25) is 9.59 Å². The molecule has 1 aliphatic carbocycles. The smallest absolute Gasteiger partial charge is 0.241 e. The summed E-state index contributed by atoms with van der Waals surface area (Å²) in [5, 5.41) is 5.70. The van der Waals surface area contributed by atoms with E-state index in [1.165, 1.54) is 25.7 Å². The summed E-state index contributed by atoms with van der Waals surface area (Å²) in [6.45, 7) is 1.54. The van der Waals surface area contributed by atoms with Crippen LogP contribution >= 0.6 is 12.4 Å². The first-order valence-electron chi connectivity index (χ1n) is 7.28. The van der Waals surface area contributed by atoms with Crippen molar-refractivity contribution in [2.75, 3.05) is 33.7 Å². The van der Waals surface area contributed by atoms with Crippen molar-refractivity contribution in [1.82, 2.24) is 15.5 Å². The molecule has 1 aliphatic rings. The van der Waals surface area contributed by atoms with E-state index in [-0.39, 0.29) is 30.8 Å². The first kappa shape index (κ1) is 19.2. The molecular weight excluding hydrogens is 278 g/mol. The minimum absolute atomic E-state index is 0. The maximum atomic E-state index is 11.7. The minimum Gasteiger partial charge on any atom is -0.347 e. The zero-order chi connectivity index (χ0) is 14.1. The monoisotopic (exact) mass is 305 g/mol. The zero-order valence-electron chi connectivity index (χ0n) is 12.6. The van der Waals surface area contributed by atoms with Crippen LogP contribution in [0.5, 0.6) is 0 Å². The van der Waals surface area contributed by atoms with Gasteiger partial charge in [0.05, 0.1) is 6.54 Å². The number of amides is 2. The molecule has 0 spiro atoms. The van der Waals surface area contributed by atoms with Gasteiger partial charge in [-0.05, 0) is 19.4 Å². The van der Waals surface area contributed by atoms with Crippen LogP contribution in [0.4, 0.5) is 0 Å². The maximum Gasteiger partial charge on any atom is 0.241 e. The molecule has 0 aromatic heterocycles. The SMILES string of the molecule is CNCCN(C)C(=O)CNC(=O)CCC1CCCC1.Cl. The summed E-state index contributed by atoms with van der Waals surface area (Å²) in [7, 11) is 3.60. The van der Waals surface area contributed by atoms with Crippen LogP contribution in [0.2, 0.25) is 0 Å². The molecule has 0 aromatic rings.